The van der Waals surface area contributed by atoms with Crippen LogP contribution in [0.3, 0.4) is 0 Å². The maximum atomic E-state index is 6.46. The van der Waals surface area contributed by atoms with Gasteiger partial charge >= 0.3 is 0 Å². The van der Waals surface area contributed by atoms with Gasteiger partial charge in [-0.25, -0.2) is 0 Å². The van der Waals surface area contributed by atoms with Gasteiger partial charge in [-0.15, -0.1) is 0 Å². The summed E-state index contributed by atoms with van der Waals surface area (Å²) >= 11 is 0. The quantitative estimate of drug-likeness (QED) is 0.817. The third-order valence-corrected chi connectivity index (χ3v) is 3.72. The van der Waals surface area contributed by atoms with E-state index in [4.69, 9.17) is 10.5 Å². The summed E-state index contributed by atoms with van der Waals surface area (Å²) in [5, 5.41) is 0. The van der Waals surface area contributed by atoms with Crippen LogP contribution in [0.15, 0.2) is 24.3 Å². The summed E-state index contributed by atoms with van der Waals surface area (Å²) in [6, 6.07) is 8.26. The van der Waals surface area contributed by atoms with Crippen LogP contribution in [-0.4, -0.2) is 12.2 Å². The van der Waals surface area contributed by atoms with Crippen molar-refractivity contribution in [2.45, 2.75) is 52.2 Å². The fourth-order valence-corrected chi connectivity index (χ4v) is 2.49. The SMILES string of the molecule is CCOC(CC)(CC)C(N)c1ccccc1C. The second-order valence-electron chi connectivity index (χ2n) is 4.54. The standard InChI is InChI=1S/C15H25NO/c1-5-15(6-2,17-7-3)14(16)13-11-9-8-10-12(13)4/h8-11,14H,5-7,16H2,1-4H3. The van der Waals surface area contributed by atoms with Crippen LogP contribution >= 0.6 is 0 Å². The van der Waals surface area contributed by atoms with E-state index in [0.29, 0.717) is 6.61 Å². The molecule has 17 heavy (non-hydrogen) atoms. The lowest BCUT2D eigenvalue weighted by molar-refractivity contribution is -0.0647. The molecule has 0 aromatic heterocycles. The van der Waals surface area contributed by atoms with Crippen molar-refractivity contribution in [2.75, 3.05) is 6.61 Å². The minimum absolute atomic E-state index is 0.0568. The molecule has 1 rings (SSSR count). The van der Waals surface area contributed by atoms with Crippen LogP contribution in [0.5, 0.6) is 0 Å². The molecule has 0 heterocycles. The molecule has 0 radical (unpaired) electrons. The van der Waals surface area contributed by atoms with E-state index >= 15 is 0 Å². The predicted octanol–water partition coefficient (Wildman–Crippen LogP) is 3.59. The molecule has 0 aliphatic heterocycles. The third-order valence-electron chi connectivity index (χ3n) is 3.72. The molecule has 1 aromatic rings. The van der Waals surface area contributed by atoms with Gasteiger partial charge in [-0.3, -0.25) is 0 Å². The Morgan fingerprint density at radius 1 is 1.18 bits per heavy atom. The van der Waals surface area contributed by atoms with Crippen molar-refractivity contribution < 1.29 is 4.74 Å². The summed E-state index contributed by atoms with van der Waals surface area (Å²) in [4.78, 5) is 0. The van der Waals surface area contributed by atoms with Crippen molar-refractivity contribution in [1.29, 1.82) is 0 Å². The van der Waals surface area contributed by atoms with Crippen molar-refractivity contribution in [3.05, 3.63) is 35.4 Å². The third kappa shape index (κ3) is 2.88. The molecule has 1 unspecified atom stereocenters. The lowest BCUT2D eigenvalue weighted by Gasteiger charge is -2.38. The Kier molecular flexibility index (Phi) is 5.16. The number of rotatable bonds is 6. The van der Waals surface area contributed by atoms with E-state index in [0.717, 1.165) is 12.8 Å². The van der Waals surface area contributed by atoms with Gasteiger partial charge in [-0.2, -0.15) is 0 Å². The molecule has 2 nitrogen and oxygen atoms in total. The topological polar surface area (TPSA) is 35.2 Å². The monoisotopic (exact) mass is 235 g/mol. The highest BCUT2D eigenvalue weighted by Crippen LogP contribution is 2.34. The zero-order valence-electron chi connectivity index (χ0n) is 11.5. The molecule has 96 valence electrons. The van der Waals surface area contributed by atoms with Gasteiger partial charge in [0.15, 0.2) is 0 Å². The minimum Gasteiger partial charge on any atom is -0.373 e. The Balaban J connectivity index is 3.07. The Labute approximate surface area is 105 Å². The maximum Gasteiger partial charge on any atom is 0.0868 e. The van der Waals surface area contributed by atoms with Crippen molar-refractivity contribution in [3.8, 4) is 0 Å². The van der Waals surface area contributed by atoms with E-state index in [1.165, 1.54) is 11.1 Å². The molecule has 1 aromatic carbocycles. The van der Waals surface area contributed by atoms with Crippen LogP contribution in [-0.2, 0) is 4.74 Å². The molecular weight excluding hydrogens is 210 g/mol. The molecule has 0 aliphatic carbocycles. The average Bonchev–Trinajstić information content (AvgIpc) is 2.36. The van der Waals surface area contributed by atoms with Crippen molar-refractivity contribution in [1.82, 2.24) is 0 Å². The fourth-order valence-electron chi connectivity index (χ4n) is 2.49. The fraction of sp³-hybridized carbons (Fsp3) is 0.600. The van der Waals surface area contributed by atoms with Gasteiger partial charge in [-0.05, 0) is 37.8 Å². The van der Waals surface area contributed by atoms with Crippen LogP contribution in [0.4, 0.5) is 0 Å². The summed E-state index contributed by atoms with van der Waals surface area (Å²) in [5.74, 6) is 0. The predicted molar refractivity (Wildman–Crippen MR) is 73.0 cm³/mol. The average molecular weight is 235 g/mol. The molecule has 0 spiro atoms. The second kappa shape index (κ2) is 6.18. The number of aryl methyl sites for hydroxylation is 1. The highest BCUT2D eigenvalue weighted by atomic mass is 16.5. The van der Waals surface area contributed by atoms with Gasteiger partial charge in [0.25, 0.3) is 0 Å². The van der Waals surface area contributed by atoms with Crippen molar-refractivity contribution in [3.63, 3.8) is 0 Å². The van der Waals surface area contributed by atoms with Crippen molar-refractivity contribution >= 4 is 0 Å². The van der Waals surface area contributed by atoms with Gasteiger partial charge in [0.1, 0.15) is 0 Å². The van der Waals surface area contributed by atoms with Gasteiger partial charge in [0.05, 0.1) is 11.6 Å². The van der Waals surface area contributed by atoms with Crippen LogP contribution in [0.2, 0.25) is 0 Å². The van der Waals surface area contributed by atoms with Crippen molar-refractivity contribution in [2.24, 2.45) is 5.73 Å². The van der Waals surface area contributed by atoms with E-state index < -0.39 is 0 Å². The number of ether oxygens (including phenoxy) is 1. The molecule has 0 saturated heterocycles. The molecule has 0 bridgehead atoms. The zero-order valence-corrected chi connectivity index (χ0v) is 11.5. The van der Waals surface area contributed by atoms with Gasteiger partial charge in [-0.1, -0.05) is 38.1 Å². The first kappa shape index (κ1) is 14.2. The molecule has 1 atom stereocenters. The van der Waals surface area contributed by atoms with Gasteiger partial charge < -0.3 is 10.5 Å². The van der Waals surface area contributed by atoms with Gasteiger partial charge in [0.2, 0.25) is 0 Å². The molecule has 0 amide bonds. The largest absolute Gasteiger partial charge is 0.373 e. The second-order valence-corrected chi connectivity index (χ2v) is 4.54. The first-order valence-electron chi connectivity index (χ1n) is 6.56. The lowest BCUT2D eigenvalue weighted by Crippen LogP contribution is -2.43. The van der Waals surface area contributed by atoms with E-state index in [1.807, 2.05) is 19.1 Å². The normalized spacial score (nSPS) is 13.7. The van der Waals surface area contributed by atoms with E-state index in [9.17, 15) is 0 Å². The Morgan fingerprint density at radius 2 is 1.76 bits per heavy atom. The number of hydrogen-bond donors (Lipinski definition) is 1. The first-order chi connectivity index (χ1) is 8.11. The van der Waals surface area contributed by atoms with E-state index in [1.54, 1.807) is 0 Å². The van der Waals surface area contributed by atoms with Crippen LogP contribution in [0.1, 0.15) is 50.8 Å². The molecule has 2 heteroatoms. The Hall–Kier alpha value is -0.860. The number of hydrogen-bond acceptors (Lipinski definition) is 2. The number of benzene rings is 1. The smallest absolute Gasteiger partial charge is 0.0868 e. The number of nitrogens with two attached hydrogens (primary N) is 1. The highest BCUT2D eigenvalue weighted by molar-refractivity contribution is 5.30. The van der Waals surface area contributed by atoms with Gasteiger partial charge in [0, 0.05) is 6.61 Å². The maximum absolute atomic E-state index is 6.46. The summed E-state index contributed by atoms with van der Waals surface area (Å²) < 4.78 is 5.97. The molecule has 0 fully saturated rings. The van der Waals surface area contributed by atoms with E-state index in [-0.39, 0.29) is 11.6 Å². The lowest BCUT2D eigenvalue weighted by atomic mass is 9.83. The van der Waals surface area contributed by atoms with E-state index in [2.05, 4.69) is 32.9 Å². The first-order valence-corrected chi connectivity index (χ1v) is 6.56. The summed E-state index contributed by atoms with van der Waals surface area (Å²) in [6.45, 7) is 9.15. The molecule has 2 N–H and O–H groups in total. The molecule has 0 saturated carbocycles. The minimum atomic E-state index is -0.235. The Bertz CT molecular complexity index is 345. The summed E-state index contributed by atoms with van der Waals surface area (Å²) in [6.07, 6.45) is 1.87. The Morgan fingerprint density at radius 3 is 2.24 bits per heavy atom. The zero-order chi connectivity index (χ0) is 12.9. The molecular formula is C15H25NO. The van der Waals surface area contributed by atoms with Crippen LogP contribution in [0.25, 0.3) is 0 Å². The van der Waals surface area contributed by atoms with Crippen LogP contribution in [0, 0.1) is 6.92 Å². The summed E-state index contributed by atoms with van der Waals surface area (Å²) in [5.41, 5.74) is 8.66. The van der Waals surface area contributed by atoms with Crippen LogP contribution < -0.4 is 5.73 Å². The molecule has 0 aliphatic rings. The highest BCUT2D eigenvalue weighted by Gasteiger charge is 2.35. The summed E-state index contributed by atoms with van der Waals surface area (Å²) in [7, 11) is 0.